The van der Waals surface area contributed by atoms with E-state index in [0.29, 0.717) is 17.1 Å². The quantitative estimate of drug-likeness (QED) is 0.208. The first-order chi connectivity index (χ1) is 23.0. The zero-order chi connectivity index (χ0) is 31.8. The fourth-order valence-electron chi connectivity index (χ4n) is 8.67. The number of imide groups is 1. The first-order valence-corrected chi connectivity index (χ1v) is 17.5. The highest BCUT2D eigenvalue weighted by atomic mass is 32.2. The third-order valence-corrected chi connectivity index (χ3v) is 13.0. The molecule has 2 saturated carbocycles. The zero-order valence-corrected chi connectivity index (χ0v) is 26.6. The molecule has 2 aliphatic heterocycles. The lowest BCUT2D eigenvalue weighted by Crippen LogP contribution is -2.42. The number of amides is 3. The van der Waals surface area contributed by atoms with Crippen LogP contribution in [-0.2, 0) is 14.4 Å². The molecule has 1 aromatic heterocycles. The molecular formula is C37H29N3O5S2. The first kappa shape index (κ1) is 28.5. The number of H-pyrrole nitrogens is 1. The van der Waals surface area contributed by atoms with Gasteiger partial charge in [-0.2, -0.15) is 0 Å². The van der Waals surface area contributed by atoms with Gasteiger partial charge in [-0.25, -0.2) is 0 Å². The van der Waals surface area contributed by atoms with Crippen molar-refractivity contribution < 1.29 is 19.1 Å². The summed E-state index contributed by atoms with van der Waals surface area (Å²) in [6.45, 7) is -0.189. The molecule has 47 heavy (non-hydrogen) atoms. The normalized spacial score (nSPS) is 27.1. The Bertz CT molecular complexity index is 2140. The minimum atomic E-state index is -0.393. The van der Waals surface area contributed by atoms with E-state index in [9.17, 15) is 19.2 Å². The topological polar surface area (TPSA) is 109 Å². The molecule has 0 radical (unpaired) electrons. The molecule has 234 valence electrons. The molecule has 9 rings (SSSR count). The van der Waals surface area contributed by atoms with Crippen LogP contribution in [0.3, 0.4) is 0 Å². The van der Waals surface area contributed by atoms with E-state index in [4.69, 9.17) is 4.74 Å². The average Bonchev–Trinajstić information content (AvgIpc) is 3.83. The predicted octanol–water partition coefficient (Wildman–Crippen LogP) is 6.29. The van der Waals surface area contributed by atoms with Crippen LogP contribution in [0.1, 0.15) is 22.8 Å². The van der Waals surface area contributed by atoms with Gasteiger partial charge in [-0.05, 0) is 65.3 Å². The second-order valence-corrected chi connectivity index (χ2v) is 14.9. The predicted molar refractivity (Wildman–Crippen MR) is 182 cm³/mol. The van der Waals surface area contributed by atoms with Crippen LogP contribution in [0.15, 0.2) is 107 Å². The number of anilines is 2. The van der Waals surface area contributed by atoms with Crippen LogP contribution in [0.4, 0.5) is 11.4 Å². The Morgan fingerprint density at radius 3 is 2.40 bits per heavy atom. The molecule has 1 saturated heterocycles. The molecule has 8 nitrogen and oxygen atoms in total. The number of ether oxygens (including phenoxy) is 1. The van der Waals surface area contributed by atoms with Gasteiger partial charge in [0.1, 0.15) is 5.75 Å². The molecular weight excluding hydrogens is 631 g/mol. The largest absolute Gasteiger partial charge is 0.483 e. The van der Waals surface area contributed by atoms with Crippen LogP contribution in [0.2, 0.25) is 0 Å². The van der Waals surface area contributed by atoms with Crippen molar-refractivity contribution in [1.82, 2.24) is 4.98 Å². The maximum Gasteiger partial charge on any atom is 0.305 e. The summed E-state index contributed by atoms with van der Waals surface area (Å²) in [5.41, 5.74) is 2.20. The van der Waals surface area contributed by atoms with Crippen molar-refractivity contribution in [2.45, 2.75) is 22.6 Å². The number of nitrogens with one attached hydrogen (secondary N) is 2. The van der Waals surface area contributed by atoms with Gasteiger partial charge < -0.3 is 15.0 Å². The van der Waals surface area contributed by atoms with Crippen LogP contribution in [0, 0.1) is 29.6 Å². The summed E-state index contributed by atoms with van der Waals surface area (Å²) < 4.78 is 6.23. The summed E-state index contributed by atoms with van der Waals surface area (Å²) in [5, 5.41) is 5.96. The Labute approximate surface area is 278 Å². The van der Waals surface area contributed by atoms with Gasteiger partial charge in [0.25, 0.3) is 5.91 Å². The van der Waals surface area contributed by atoms with Crippen molar-refractivity contribution in [3.05, 3.63) is 117 Å². The number of carbonyl (C=O) groups excluding carboxylic acids is 3. The van der Waals surface area contributed by atoms with E-state index in [1.54, 1.807) is 11.8 Å². The van der Waals surface area contributed by atoms with Crippen LogP contribution in [0.5, 0.6) is 5.75 Å². The number of carbonyl (C=O) groups is 3. The summed E-state index contributed by atoms with van der Waals surface area (Å²) in [6.07, 6.45) is 0.796. The van der Waals surface area contributed by atoms with E-state index in [0.717, 1.165) is 32.7 Å². The number of para-hydroxylation sites is 2. The Morgan fingerprint density at radius 2 is 1.57 bits per heavy atom. The number of fused-ring (bicyclic) bond motifs is 10. The van der Waals surface area contributed by atoms with Gasteiger partial charge in [0.05, 0.1) is 22.5 Å². The van der Waals surface area contributed by atoms with Gasteiger partial charge in [0.2, 0.25) is 11.8 Å². The minimum Gasteiger partial charge on any atom is -0.483 e. The number of thiazole rings is 1. The number of aromatic nitrogens is 1. The summed E-state index contributed by atoms with van der Waals surface area (Å²) in [4.78, 5) is 58.9. The van der Waals surface area contributed by atoms with Gasteiger partial charge in [-0.15, -0.1) is 11.8 Å². The highest BCUT2D eigenvalue weighted by molar-refractivity contribution is 8.00. The molecule has 4 aliphatic rings. The molecule has 5 aromatic rings. The van der Waals surface area contributed by atoms with Crippen molar-refractivity contribution in [2.24, 2.45) is 29.6 Å². The number of rotatable bonds is 6. The number of hydrogen-bond donors (Lipinski definition) is 2. The van der Waals surface area contributed by atoms with Crippen LogP contribution >= 0.6 is 23.1 Å². The van der Waals surface area contributed by atoms with Crippen molar-refractivity contribution in [3.8, 4) is 5.75 Å². The lowest BCUT2D eigenvalue weighted by Gasteiger charge is -2.43. The minimum absolute atomic E-state index is 0.0185. The van der Waals surface area contributed by atoms with E-state index >= 15 is 0 Å². The van der Waals surface area contributed by atoms with E-state index in [1.165, 1.54) is 16.2 Å². The fraction of sp³-hybridized carbons (Fsp3) is 0.243. The first-order valence-electron chi connectivity index (χ1n) is 15.8. The lowest BCUT2D eigenvalue weighted by atomic mass is 9.68. The Hall–Kier alpha value is -4.67. The Morgan fingerprint density at radius 1 is 0.851 bits per heavy atom. The van der Waals surface area contributed by atoms with Gasteiger partial charge >= 0.3 is 4.87 Å². The zero-order valence-electron chi connectivity index (χ0n) is 25.0. The SMILES string of the molecule is O=C(COc1ccccc1[C@H]1c2sc(=O)[nH]c2SC2C3CC(C4C(=O)N(c5ccccc5)C(=O)C34)C21)Nc1ccc2ccccc2c1. The van der Waals surface area contributed by atoms with Crippen molar-refractivity contribution in [1.29, 1.82) is 0 Å². The van der Waals surface area contributed by atoms with Crippen molar-refractivity contribution in [3.63, 3.8) is 0 Å². The van der Waals surface area contributed by atoms with Crippen LogP contribution < -0.4 is 19.8 Å². The molecule has 2 N–H and O–H groups in total. The molecule has 3 heterocycles. The van der Waals surface area contributed by atoms with Crippen LogP contribution in [0.25, 0.3) is 10.8 Å². The maximum absolute atomic E-state index is 14.0. The smallest absolute Gasteiger partial charge is 0.305 e. The van der Waals surface area contributed by atoms with Gasteiger partial charge in [-0.1, -0.05) is 78.1 Å². The lowest BCUT2D eigenvalue weighted by molar-refractivity contribution is -0.123. The molecule has 2 aliphatic carbocycles. The number of hydrogen-bond acceptors (Lipinski definition) is 7. The van der Waals surface area contributed by atoms with Gasteiger partial charge in [0, 0.05) is 27.3 Å². The summed E-state index contributed by atoms with van der Waals surface area (Å²) >= 11 is 2.85. The molecule has 6 unspecified atom stereocenters. The van der Waals surface area contributed by atoms with Gasteiger partial charge in [0.15, 0.2) is 6.61 Å². The molecule has 2 bridgehead atoms. The number of thioether (sulfide) groups is 1. The highest BCUT2D eigenvalue weighted by Crippen LogP contribution is 2.69. The van der Waals surface area contributed by atoms with E-state index in [1.807, 2.05) is 97.1 Å². The number of nitrogens with zero attached hydrogens (tertiary/aromatic N) is 1. The Kier molecular flexibility index (Phi) is 6.65. The molecule has 4 aromatic carbocycles. The van der Waals surface area contributed by atoms with E-state index in [-0.39, 0.29) is 64.0 Å². The van der Waals surface area contributed by atoms with Crippen LogP contribution in [-0.4, -0.2) is 34.6 Å². The van der Waals surface area contributed by atoms with E-state index < -0.39 is 5.92 Å². The van der Waals surface area contributed by atoms with Crippen molar-refractivity contribution >= 4 is 63.0 Å². The fourth-order valence-corrected chi connectivity index (χ4v) is 11.6. The number of benzene rings is 4. The Balaban J connectivity index is 1.03. The molecule has 3 amide bonds. The van der Waals surface area contributed by atoms with Crippen molar-refractivity contribution in [2.75, 3.05) is 16.8 Å². The monoisotopic (exact) mass is 659 g/mol. The highest BCUT2D eigenvalue weighted by Gasteiger charge is 2.69. The molecule has 10 heteroatoms. The standard InChI is InChI=1S/C37H29N3O5S2/c41-27(38-21-15-14-19-8-4-5-9-20(19)16-21)18-45-26-13-7-6-12-23(26)28-29-24-17-25(32(29)46-34-33(28)47-37(44)39-34)31-30(24)35(42)40(36(31)43)22-10-2-1-3-11-22/h1-16,24-25,28-32H,17-18H2,(H,38,41)(H,39,44)/t24?,25?,28-,29?,30?,31?,32?/m1/s1. The second kappa shape index (κ2) is 11.0. The second-order valence-electron chi connectivity index (χ2n) is 12.7. The third-order valence-electron chi connectivity index (χ3n) is 10.4. The molecule has 3 fully saturated rings. The third kappa shape index (κ3) is 4.49. The summed E-state index contributed by atoms with van der Waals surface area (Å²) in [5.74, 6) is -0.894. The average molecular weight is 660 g/mol. The molecule has 0 spiro atoms. The van der Waals surface area contributed by atoms with E-state index in [2.05, 4.69) is 10.3 Å². The summed E-state index contributed by atoms with van der Waals surface area (Å²) in [6, 6.07) is 30.6. The summed E-state index contributed by atoms with van der Waals surface area (Å²) in [7, 11) is 0. The molecule has 7 atom stereocenters. The number of aromatic amines is 1. The maximum atomic E-state index is 14.0. The van der Waals surface area contributed by atoms with Gasteiger partial charge in [-0.3, -0.25) is 24.1 Å².